The molecule has 0 radical (unpaired) electrons. The van der Waals surface area contributed by atoms with Crippen LogP contribution in [0.15, 0.2) is 36.4 Å². The van der Waals surface area contributed by atoms with Crippen molar-refractivity contribution >= 4 is 11.7 Å². The molecule has 1 amide bonds. The molecule has 214 valence electrons. The number of alkyl halides is 3. The lowest BCUT2D eigenvalue weighted by Crippen LogP contribution is -2.79. The van der Waals surface area contributed by atoms with Crippen LogP contribution < -0.4 is 4.74 Å². The smallest absolute Gasteiger partial charge is 0.416 e. The second kappa shape index (κ2) is 8.73. The van der Waals surface area contributed by atoms with Crippen molar-refractivity contribution in [1.82, 2.24) is 9.80 Å². The van der Waals surface area contributed by atoms with Crippen molar-refractivity contribution in [2.24, 2.45) is 5.92 Å². The monoisotopic (exact) mass is 566 g/mol. The number of carbonyl (C=O) groups excluding carboxylic acids is 2. The van der Waals surface area contributed by atoms with Gasteiger partial charge in [0, 0.05) is 42.7 Å². The Hall–Kier alpha value is -3.55. The molecule has 1 spiro atoms. The molecule has 7 rings (SSSR count). The summed E-state index contributed by atoms with van der Waals surface area (Å²) in [7, 11) is 1.59. The number of ether oxygens (including phenoxy) is 1. The largest absolute Gasteiger partial charge is 0.504 e. The van der Waals surface area contributed by atoms with Gasteiger partial charge in [-0.3, -0.25) is 14.5 Å². The third-order valence-corrected chi connectivity index (χ3v) is 9.91. The quantitative estimate of drug-likeness (QED) is 0.553. The van der Waals surface area contributed by atoms with Crippen molar-refractivity contribution < 1.29 is 37.7 Å². The molecular formula is C31H29F3N2O5. The Morgan fingerprint density at radius 2 is 1.88 bits per heavy atom. The summed E-state index contributed by atoms with van der Waals surface area (Å²) in [5.74, 6) is 5.08. The number of carbonyl (C=O) groups is 2. The van der Waals surface area contributed by atoms with Gasteiger partial charge in [-0.1, -0.05) is 5.92 Å². The van der Waals surface area contributed by atoms with Crippen LogP contribution in [0.1, 0.15) is 59.2 Å². The molecule has 2 aromatic rings. The first-order chi connectivity index (χ1) is 19.5. The highest BCUT2D eigenvalue weighted by molar-refractivity contribution is 6.06. The molecule has 1 saturated heterocycles. The Bertz CT molecular complexity index is 1530. The topological polar surface area (TPSA) is 90.3 Å². The van der Waals surface area contributed by atoms with Crippen molar-refractivity contribution in [2.45, 2.75) is 67.5 Å². The summed E-state index contributed by atoms with van der Waals surface area (Å²) in [5, 5.41) is 23.3. The molecule has 41 heavy (non-hydrogen) atoms. The highest BCUT2D eigenvalue weighted by Crippen LogP contribution is 2.66. The standard InChI is InChI=1S/C31H29F3N2O5/c1-35(23(38)11-6-17-4-7-19(8-5-17)31(32,33)34)21-12-13-30(40)27-25(39)20-9-10-22(37)26-24(20)29(30,28(21)41-26)14-15-36(27)16-18-2-3-18/h4-5,7-10,18,21,27-28,37,40H,2-3,12-16H2,1H3/t21?,27-,28?,29-,30?/m0/s1. The van der Waals surface area contributed by atoms with Crippen molar-refractivity contribution in [3.05, 3.63) is 58.7 Å². The number of benzene rings is 2. The molecule has 2 bridgehead atoms. The molecule has 2 saturated carbocycles. The van der Waals surface area contributed by atoms with E-state index in [2.05, 4.69) is 16.7 Å². The first-order valence-electron chi connectivity index (χ1n) is 14.0. The summed E-state index contributed by atoms with van der Waals surface area (Å²) in [6.07, 6.45) is -1.85. The maximum atomic E-state index is 13.9. The number of amides is 1. The van der Waals surface area contributed by atoms with Gasteiger partial charge in [0.1, 0.15) is 17.7 Å². The predicted molar refractivity (Wildman–Crippen MR) is 140 cm³/mol. The molecule has 7 nitrogen and oxygen atoms in total. The lowest BCUT2D eigenvalue weighted by Gasteiger charge is -2.63. The number of rotatable bonds is 3. The number of nitrogens with zero attached hydrogens (tertiary/aromatic N) is 2. The molecule has 5 atom stereocenters. The number of aromatic hydroxyl groups is 1. The Morgan fingerprint density at radius 1 is 1.15 bits per heavy atom. The Kier molecular flexibility index (Phi) is 5.61. The minimum absolute atomic E-state index is 0.114. The molecule has 2 heterocycles. The van der Waals surface area contributed by atoms with Crippen molar-refractivity contribution in [2.75, 3.05) is 20.1 Å². The lowest BCUT2D eigenvalue weighted by atomic mass is 9.48. The summed E-state index contributed by atoms with van der Waals surface area (Å²) in [6.45, 7) is 1.34. The van der Waals surface area contributed by atoms with Crippen molar-refractivity contribution in [3.8, 4) is 23.3 Å². The Morgan fingerprint density at radius 3 is 2.56 bits per heavy atom. The molecule has 0 aromatic heterocycles. The molecular weight excluding hydrogens is 537 g/mol. The fraction of sp³-hybridized carbons (Fsp3) is 0.484. The van der Waals surface area contributed by atoms with Crippen LogP contribution in [0.4, 0.5) is 13.2 Å². The number of piperidine rings is 1. The predicted octanol–water partition coefficient (Wildman–Crippen LogP) is 3.49. The minimum Gasteiger partial charge on any atom is -0.504 e. The van der Waals surface area contributed by atoms with Crippen LogP contribution in [0.2, 0.25) is 0 Å². The summed E-state index contributed by atoms with van der Waals surface area (Å²) in [6, 6.07) is 6.10. The number of likely N-dealkylation sites (tertiary alicyclic amines) is 1. The van der Waals surface area contributed by atoms with Gasteiger partial charge in [0.2, 0.25) is 0 Å². The van der Waals surface area contributed by atoms with Crippen LogP contribution in [0.3, 0.4) is 0 Å². The molecule has 3 unspecified atom stereocenters. The van der Waals surface area contributed by atoms with E-state index in [1.807, 2.05) is 0 Å². The van der Waals surface area contributed by atoms with E-state index >= 15 is 0 Å². The molecule has 10 heteroatoms. The van der Waals surface area contributed by atoms with Gasteiger partial charge in [-0.2, -0.15) is 13.2 Å². The van der Waals surface area contributed by atoms with Gasteiger partial charge in [0.05, 0.1) is 17.0 Å². The van der Waals surface area contributed by atoms with E-state index in [9.17, 15) is 33.0 Å². The average Bonchev–Trinajstić information content (AvgIpc) is 3.68. The summed E-state index contributed by atoms with van der Waals surface area (Å²) >= 11 is 0. The highest BCUT2D eigenvalue weighted by Gasteiger charge is 2.75. The van der Waals surface area contributed by atoms with E-state index in [1.165, 1.54) is 23.1 Å². The lowest BCUT2D eigenvalue weighted by molar-refractivity contribution is -0.187. The second-order valence-electron chi connectivity index (χ2n) is 12.1. The molecule has 2 N–H and O–H groups in total. The van der Waals surface area contributed by atoms with Crippen molar-refractivity contribution in [1.29, 1.82) is 0 Å². The van der Waals surface area contributed by atoms with E-state index in [0.717, 1.165) is 31.5 Å². The fourth-order valence-electron chi connectivity index (χ4n) is 7.80. The number of likely N-dealkylation sites (N-methyl/N-ethyl adjacent to an activating group) is 1. The third-order valence-electron chi connectivity index (χ3n) is 9.91. The van der Waals surface area contributed by atoms with Gasteiger partial charge < -0.3 is 19.8 Å². The number of halogens is 3. The van der Waals surface area contributed by atoms with Crippen LogP contribution in [-0.4, -0.2) is 75.6 Å². The highest BCUT2D eigenvalue weighted by atomic mass is 19.4. The molecule has 2 aromatic carbocycles. The molecule has 5 aliphatic rings. The second-order valence-corrected chi connectivity index (χ2v) is 12.1. The van der Waals surface area contributed by atoms with Gasteiger partial charge in [-0.05, 0) is 74.4 Å². The minimum atomic E-state index is -4.46. The number of hydrogen-bond donors (Lipinski definition) is 2. The van der Waals surface area contributed by atoms with Gasteiger partial charge in [-0.25, -0.2) is 0 Å². The normalized spacial score (nSPS) is 31.5. The fourth-order valence-corrected chi connectivity index (χ4v) is 7.80. The van der Waals surface area contributed by atoms with Crippen LogP contribution in [0.5, 0.6) is 11.5 Å². The molecule has 3 fully saturated rings. The number of ketones is 1. The SMILES string of the molecule is CN(C(=O)C#Cc1ccc(C(F)(F)F)cc1)C1CCC2(O)[C@@H]3C(=O)c4ccc(O)c5c4[C@@]2(CCN3CC2CC2)C1O5. The number of phenolic OH excluding ortho intramolecular Hbond substituents is 1. The van der Waals surface area contributed by atoms with Crippen LogP contribution in [0.25, 0.3) is 0 Å². The first kappa shape index (κ1) is 26.4. The van der Waals surface area contributed by atoms with Gasteiger partial charge in [-0.15, -0.1) is 0 Å². The maximum Gasteiger partial charge on any atom is 0.416 e. The van der Waals surface area contributed by atoms with E-state index in [-0.39, 0.29) is 29.3 Å². The van der Waals surface area contributed by atoms with Crippen LogP contribution >= 0.6 is 0 Å². The Balaban J connectivity index is 1.23. The van der Waals surface area contributed by atoms with E-state index in [4.69, 9.17) is 4.74 Å². The van der Waals surface area contributed by atoms with Crippen LogP contribution in [-0.2, 0) is 16.4 Å². The molecule has 3 aliphatic carbocycles. The average molecular weight is 567 g/mol. The van der Waals surface area contributed by atoms with Crippen molar-refractivity contribution in [3.63, 3.8) is 0 Å². The number of Topliss-reactive ketones (excluding diaryl/α,β-unsaturated/α-hetero) is 1. The van der Waals surface area contributed by atoms with Crippen LogP contribution in [0, 0.1) is 17.8 Å². The zero-order valence-electron chi connectivity index (χ0n) is 22.4. The number of phenols is 1. The number of aliphatic hydroxyl groups is 1. The van der Waals surface area contributed by atoms with E-state index in [1.54, 1.807) is 13.1 Å². The van der Waals surface area contributed by atoms with Gasteiger partial charge in [0.25, 0.3) is 5.91 Å². The summed E-state index contributed by atoms with van der Waals surface area (Å²) in [5.41, 5.74) is -1.96. The van der Waals surface area contributed by atoms with Gasteiger partial charge in [0.15, 0.2) is 17.3 Å². The zero-order valence-corrected chi connectivity index (χ0v) is 22.4. The third kappa shape index (κ3) is 3.68. The maximum absolute atomic E-state index is 13.9. The van der Waals surface area contributed by atoms with Gasteiger partial charge >= 0.3 is 6.18 Å². The van der Waals surface area contributed by atoms with E-state index < -0.39 is 46.9 Å². The van der Waals surface area contributed by atoms with E-state index in [0.29, 0.717) is 36.4 Å². The first-order valence-corrected chi connectivity index (χ1v) is 14.0. The Labute approximate surface area is 234 Å². The summed E-state index contributed by atoms with van der Waals surface area (Å²) in [4.78, 5) is 30.8. The zero-order chi connectivity index (χ0) is 28.9. The number of hydrogen-bond acceptors (Lipinski definition) is 6. The summed E-state index contributed by atoms with van der Waals surface area (Å²) < 4.78 is 45.1. The molecule has 2 aliphatic heterocycles.